The smallest absolute Gasteiger partial charge is 0.224 e. The summed E-state index contributed by atoms with van der Waals surface area (Å²) in [6, 6.07) is 18.4. The first kappa shape index (κ1) is 17.5. The molecule has 0 atom stereocenters. The van der Waals surface area contributed by atoms with Gasteiger partial charge in [0.05, 0.1) is 13.0 Å². The predicted octanol–water partition coefficient (Wildman–Crippen LogP) is 3.53. The molecule has 1 N–H and O–H groups in total. The van der Waals surface area contributed by atoms with Crippen molar-refractivity contribution in [3.63, 3.8) is 0 Å². The van der Waals surface area contributed by atoms with Gasteiger partial charge in [-0.15, -0.1) is 10.2 Å². The van der Waals surface area contributed by atoms with Gasteiger partial charge in [-0.25, -0.2) is 0 Å². The highest BCUT2D eigenvalue weighted by atomic mass is 16.1. The number of benzene rings is 2. The van der Waals surface area contributed by atoms with Crippen LogP contribution in [0.15, 0.2) is 54.6 Å². The molecule has 3 aromatic rings. The molecule has 138 valence electrons. The second-order valence-electron chi connectivity index (χ2n) is 7.01. The summed E-state index contributed by atoms with van der Waals surface area (Å²) in [4.78, 5) is 12.3. The minimum Gasteiger partial charge on any atom is -0.349 e. The fourth-order valence-corrected chi connectivity index (χ4v) is 3.55. The third-order valence-electron chi connectivity index (χ3n) is 5.06. The Balaban J connectivity index is 1.34. The highest BCUT2D eigenvalue weighted by Crippen LogP contribution is 2.19. The van der Waals surface area contributed by atoms with Gasteiger partial charge >= 0.3 is 0 Å². The van der Waals surface area contributed by atoms with Crippen molar-refractivity contribution < 1.29 is 4.79 Å². The van der Waals surface area contributed by atoms with Crippen LogP contribution in [0.3, 0.4) is 0 Å². The summed E-state index contributed by atoms with van der Waals surface area (Å²) < 4.78 is 2.17. The Morgan fingerprint density at radius 2 is 1.70 bits per heavy atom. The molecule has 5 nitrogen and oxygen atoms in total. The summed E-state index contributed by atoms with van der Waals surface area (Å²) in [6.45, 7) is 1.39. The van der Waals surface area contributed by atoms with Crippen molar-refractivity contribution in [1.29, 1.82) is 0 Å². The van der Waals surface area contributed by atoms with E-state index >= 15 is 0 Å². The third-order valence-corrected chi connectivity index (χ3v) is 5.06. The molecule has 0 bridgehead atoms. The molecule has 0 unspecified atom stereocenters. The molecule has 4 rings (SSSR count). The molecule has 0 fully saturated rings. The van der Waals surface area contributed by atoms with Gasteiger partial charge in [0.1, 0.15) is 5.82 Å². The molecule has 0 aliphatic carbocycles. The number of rotatable bonds is 5. The topological polar surface area (TPSA) is 59.8 Å². The molecule has 1 aliphatic heterocycles. The predicted molar refractivity (Wildman–Crippen MR) is 105 cm³/mol. The lowest BCUT2D eigenvalue weighted by molar-refractivity contribution is -0.120. The van der Waals surface area contributed by atoms with Crippen LogP contribution in [0.2, 0.25) is 0 Å². The standard InChI is InChI=1S/C22H24N4O/c27-22(23-16-21-25-24-20-9-5-2-6-14-26(20)21)15-17-10-12-19(13-11-17)18-7-3-1-4-8-18/h1,3-4,7-8,10-13H,2,5-6,9,14-16H2,(H,23,27). The van der Waals surface area contributed by atoms with Crippen molar-refractivity contribution >= 4 is 5.91 Å². The molecule has 0 saturated carbocycles. The van der Waals surface area contributed by atoms with E-state index in [9.17, 15) is 4.79 Å². The molecule has 0 radical (unpaired) electrons. The van der Waals surface area contributed by atoms with E-state index in [1.807, 2.05) is 30.3 Å². The van der Waals surface area contributed by atoms with Crippen molar-refractivity contribution in [3.8, 4) is 11.1 Å². The molecule has 1 amide bonds. The first-order chi connectivity index (χ1) is 13.3. The number of aromatic nitrogens is 3. The quantitative estimate of drug-likeness (QED) is 0.757. The Labute approximate surface area is 159 Å². The van der Waals surface area contributed by atoms with Gasteiger partial charge in [-0.3, -0.25) is 4.79 Å². The Morgan fingerprint density at radius 3 is 2.52 bits per heavy atom. The van der Waals surface area contributed by atoms with Gasteiger partial charge in [0.2, 0.25) is 5.91 Å². The van der Waals surface area contributed by atoms with Gasteiger partial charge in [-0.2, -0.15) is 0 Å². The molecule has 2 aromatic carbocycles. The molecule has 2 heterocycles. The highest BCUT2D eigenvalue weighted by Gasteiger charge is 2.15. The molecule has 0 spiro atoms. The Bertz CT molecular complexity index is 900. The fraction of sp³-hybridized carbons (Fsp3) is 0.318. The van der Waals surface area contributed by atoms with Gasteiger partial charge < -0.3 is 9.88 Å². The maximum Gasteiger partial charge on any atom is 0.224 e. The number of nitrogens with zero attached hydrogens (tertiary/aromatic N) is 3. The molecule has 1 aromatic heterocycles. The van der Waals surface area contributed by atoms with Crippen molar-refractivity contribution in [2.45, 2.75) is 45.2 Å². The van der Waals surface area contributed by atoms with E-state index in [0.717, 1.165) is 42.2 Å². The fourth-order valence-electron chi connectivity index (χ4n) is 3.55. The summed E-state index contributed by atoms with van der Waals surface area (Å²) in [6.07, 6.45) is 4.90. The number of carbonyl (C=O) groups is 1. The van der Waals surface area contributed by atoms with Crippen LogP contribution in [0.25, 0.3) is 11.1 Å². The molecule has 27 heavy (non-hydrogen) atoms. The summed E-state index contributed by atoms with van der Waals surface area (Å²) in [7, 11) is 0. The highest BCUT2D eigenvalue weighted by molar-refractivity contribution is 5.78. The Hall–Kier alpha value is -2.95. The van der Waals surface area contributed by atoms with Gasteiger partial charge in [-0.05, 0) is 29.5 Å². The molecule has 5 heteroatoms. The van der Waals surface area contributed by atoms with Gasteiger partial charge in [0, 0.05) is 13.0 Å². The zero-order valence-corrected chi connectivity index (χ0v) is 15.4. The van der Waals surface area contributed by atoms with Crippen LogP contribution >= 0.6 is 0 Å². The van der Waals surface area contributed by atoms with Crippen LogP contribution < -0.4 is 5.32 Å². The SMILES string of the molecule is O=C(Cc1ccc(-c2ccccc2)cc1)NCc1nnc2n1CCCCC2. The number of nitrogens with one attached hydrogen (secondary N) is 1. The second kappa shape index (κ2) is 8.16. The average molecular weight is 360 g/mol. The number of fused-ring (bicyclic) bond motifs is 1. The largest absolute Gasteiger partial charge is 0.349 e. The number of aryl methyl sites for hydroxylation is 1. The number of amides is 1. The maximum atomic E-state index is 12.3. The van der Waals surface area contributed by atoms with Crippen molar-refractivity contribution in [2.24, 2.45) is 0 Å². The van der Waals surface area contributed by atoms with Gasteiger partial charge in [0.25, 0.3) is 0 Å². The number of hydrogen-bond donors (Lipinski definition) is 1. The first-order valence-corrected chi connectivity index (χ1v) is 9.61. The van der Waals surface area contributed by atoms with Crippen LogP contribution in [0.4, 0.5) is 0 Å². The van der Waals surface area contributed by atoms with Crippen molar-refractivity contribution in [3.05, 3.63) is 71.8 Å². The van der Waals surface area contributed by atoms with Crippen LogP contribution in [-0.4, -0.2) is 20.7 Å². The zero-order valence-electron chi connectivity index (χ0n) is 15.4. The molecular formula is C22H24N4O. The lowest BCUT2D eigenvalue weighted by Crippen LogP contribution is -2.26. The summed E-state index contributed by atoms with van der Waals surface area (Å²) >= 11 is 0. The summed E-state index contributed by atoms with van der Waals surface area (Å²) in [5, 5.41) is 11.5. The normalized spacial score (nSPS) is 13.6. The number of hydrogen-bond acceptors (Lipinski definition) is 3. The minimum atomic E-state index is 0.00781. The monoisotopic (exact) mass is 360 g/mol. The van der Waals surface area contributed by atoms with E-state index in [-0.39, 0.29) is 5.91 Å². The van der Waals surface area contributed by atoms with Crippen LogP contribution in [-0.2, 0) is 30.7 Å². The molecule has 1 aliphatic rings. The minimum absolute atomic E-state index is 0.00781. The number of carbonyl (C=O) groups excluding carboxylic acids is 1. The van der Waals surface area contributed by atoms with Crippen molar-refractivity contribution in [2.75, 3.05) is 0 Å². The van der Waals surface area contributed by atoms with E-state index in [0.29, 0.717) is 13.0 Å². The average Bonchev–Trinajstić information content (AvgIpc) is 2.93. The lowest BCUT2D eigenvalue weighted by atomic mass is 10.0. The Morgan fingerprint density at radius 1 is 0.926 bits per heavy atom. The maximum absolute atomic E-state index is 12.3. The van der Waals surface area contributed by atoms with E-state index in [1.54, 1.807) is 0 Å². The van der Waals surface area contributed by atoms with Crippen LogP contribution in [0.1, 0.15) is 36.5 Å². The van der Waals surface area contributed by atoms with E-state index in [1.165, 1.54) is 18.4 Å². The first-order valence-electron chi connectivity index (χ1n) is 9.61. The molecular weight excluding hydrogens is 336 g/mol. The van der Waals surface area contributed by atoms with Crippen molar-refractivity contribution in [1.82, 2.24) is 20.1 Å². The van der Waals surface area contributed by atoms with E-state index in [4.69, 9.17) is 0 Å². The second-order valence-corrected chi connectivity index (χ2v) is 7.01. The van der Waals surface area contributed by atoms with Gasteiger partial charge in [-0.1, -0.05) is 61.0 Å². The van der Waals surface area contributed by atoms with Crippen LogP contribution in [0.5, 0.6) is 0 Å². The summed E-state index contributed by atoms with van der Waals surface area (Å²) in [5.74, 6) is 1.92. The zero-order chi connectivity index (χ0) is 18.5. The van der Waals surface area contributed by atoms with E-state index in [2.05, 4.69) is 44.3 Å². The van der Waals surface area contributed by atoms with Crippen LogP contribution in [0, 0.1) is 0 Å². The van der Waals surface area contributed by atoms with E-state index < -0.39 is 0 Å². The van der Waals surface area contributed by atoms with Gasteiger partial charge in [0.15, 0.2) is 5.82 Å². The summed E-state index contributed by atoms with van der Waals surface area (Å²) in [5.41, 5.74) is 3.35. The Kier molecular flexibility index (Phi) is 5.28. The lowest BCUT2D eigenvalue weighted by Gasteiger charge is -2.09. The molecule has 0 saturated heterocycles. The third kappa shape index (κ3) is 4.25.